The molecule has 0 spiro atoms. The first-order valence-electron chi connectivity index (χ1n) is 10.7. The van der Waals surface area contributed by atoms with Gasteiger partial charge in [0.15, 0.2) is 0 Å². The molecule has 0 aliphatic carbocycles. The average molecular weight is 411 g/mol. The van der Waals surface area contributed by atoms with E-state index in [-0.39, 0.29) is 12.0 Å². The van der Waals surface area contributed by atoms with Gasteiger partial charge in [0, 0.05) is 37.0 Å². The van der Waals surface area contributed by atoms with Crippen LogP contribution in [0.4, 0.5) is 0 Å². The molecule has 0 saturated carbocycles. The Kier molecular flexibility index (Phi) is 7.12. The zero-order valence-corrected chi connectivity index (χ0v) is 17.7. The van der Waals surface area contributed by atoms with Crippen LogP contribution in [-0.4, -0.2) is 54.1 Å². The van der Waals surface area contributed by atoms with Crippen molar-refractivity contribution >= 4 is 17.7 Å². The van der Waals surface area contributed by atoms with E-state index in [4.69, 9.17) is 4.74 Å². The van der Waals surface area contributed by atoms with Gasteiger partial charge in [0.2, 0.25) is 0 Å². The zero-order valence-electron chi connectivity index (χ0n) is 16.9. The van der Waals surface area contributed by atoms with Crippen LogP contribution in [0.5, 0.6) is 5.75 Å². The minimum atomic E-state index is -0.0417. The molecular weight excluding hydrogens is 380 g/mol. The van der Waals surface area contributed by atoms with Crippen molar-refractivity contribution in [2.75, 3.05) is 31.1 Å². The van der Waals surface area contributed by atoms with Gasteiger partial charge in [0.25, 0.3) is 5.91 Å². The molecule has 154 valence electrons. The highest BCUT2D eigenvalue weighted by Crippen LogP contribution is 2.26. The Morgan fingerprint density at radius 3 is 2.66 bits per heavy atom. The summed E-state index contributed by atoms with van der Waals surface area (Å²) in [5.41, 5.74) is 1.89. The molecule has 2 aromatic rings. The molecule has 0 aromatic heterocycles. The number of benzene rings is 2. The van der Waals surface area contributed by atoms with Gasteiger partial charge in [-0.1, -0.05) is 36.4 Å². The number of carbonyl (C=O) groups excluding carboxylic acids is 1. The lowest BCUT2D eigenvalue weighted by molar-refractivity contribution is 0.0813. The SMILES string of the molecule is O=C(NCCc1ccccc1)c1cccc(OC2CCN([C@@H]3CCSC3)CC2)c1. The van der Waals surface area contributed by atoms with Gasteiger partial charge in [-0.05, 0) is 55.2 Å². The second-order valence-corrected chi connectivity index (χ2v) is 9.04. The summed E-state index contributed by atoms with van der Waals surface area (Å²) < 4.78 is 6.22. The van der Waals surface area contributed by atoms with E-state index < -0.39 is 0 Å². The number of likely N-dealkylation sites (tertiary alicyclic amines) is 1. The Bertz CT molecular complexity index is 784. The minimum absolute atomic E-state index is 0.0417. The Hall–Kier alpha value is -1.98. The lowest BCUT2D eigenvalue weighted by Gasteiger charge is -2.35. The summed E-state index contributed by atoms with van der Waals surface area (Å²) in [5, 5.41) is 3.01. The van der Waals surface area contributed by atoms with Gasteiger partial charge in [-0.3, -0.25) is 9.69 Å². The molecule has 0 unspecified atom stereocenters. The van der Waals surface area contributed by atoms with Crippen LogP contribution in [0.3, 0.4) is 0 Å². The Labute approximate surface area is 178 Å². The van der Waals surface area contributed by atoms with Crippen molar-refractivity contribution in [3.8, 4) is 5.75 Å². The summed E-state index contributed by atoms with van der Waals surface area (Å²) in [6, 6.07) is 18.6. The number of hydrogen-bond acceptors (Lipinski definition) is 4. The van der Waals surface area contributed by atoms with Crippen LogP contribution < -0.4 is 10.1 Å². The number of rotatable bonds is 7. The molecule has 2 saturated heterocycles. The van der Waals surface area contributed by atoms with Crippen molar-refractivity contribution in [3.63, 3.8) is 0 Å². The summed E-state index contributed by atoms with van der Waals surface area (Å²) in [6.07, 6.45) is 4.54. The van der Waals surface area contributed by atoms with Gasteiger partial charge >= 0.3 is 0 Å². The topological polar surface area (TPSA) is 41.6 Å². The summed E-state index contributed by atoms with van der Waals surface area (Å²) in [6.45, 7) is 2.87. The summed E-state index contributed by atoms with van der Waals surface area (Å²) in [4.78, 5) is 15.1. The molecule has 5 heteroatoms. The largest absolute Gasteiger partial charge is 0.490 e. The third-order valence-corrected chi connectivity index (χ3v) is 6.98. The summed E-state index contributed by atoms with van der Waals surface area (Å²) in [5.74, 6) is 3.35. The van der Waals surface area contributed by atoms with Crippen LogP contribution in [0.1, 0.15) is 35.2 Å². The Morgan fingerprint density at radius 2 is 1.90 bits per heavy atom. The van der Waals surface area contributed by atoms with E-state index in [9.17, 15) is 4.79 Å². The van der Waals surface area contributed by atoms with Crippen molar-refractivity contribution in [1.29, 1.82) is 0 Å². The van der Waals surface area contributed by atoms with Crippen molar-refractivity contribution in [1.82, 2.24) is 10.2 Å². The summed E-state index contributed by atoms with van der Waals surface area (Å²) in [7, 11) is 0. The molecule has 4 rings (SSSR count). The number of amides is 1. The van der Waals surface area contributed by atoms with Crippen LogP contribution in [0.25, 0.3) is 0 Å². The molecule has 0 radical (unpaired) electrons. The van der Waals surface area contributed by atoms with Crippen LogP contribution in [-0.2, 0) is 6.42 Å². The van der Waals surface area contributed by atoms with Crippen LogP contribution in [0.15, 0.2) is 54.6 Å². The number of thioether (sulfide) groups is 1. The van der Waals surface area contributed by atoms with Gasteiger partial charge in [-0.15, -0.1) is 0 Å². The predicted molar refractivity (Wildman–Crippen MR) is 120 cm³/mol. The van der Waals surface area contributed by atoms with Gasteiger partial charge in [-0.2, -0.15) is 11.8 Å². The molecule has 29 heavy (non-hydrogen) atoms. The van der Waals surface area contributed by atoms with Gasteiger partial charge in [0.1, 0.15) is 11.9 Å². The first-order chi connectivity index (χ1) is 14.3. The average Bonchev–Trinajstić information content (AvgIpc) is 3.30. The molecule has 2 aliphatic heterocycles. The first kappa shape index (κ1) is 20.3. The lowest BCUT2D eigenvalue weighted by atomic mass is 10.0. The van der Waals surface area contributed by atoms with E-state index in [1.165, 1.54) is 23.5 Å². The van der Waals surface area contributed by atoms with Gasteiger partial charge in [0.05, 0.1) is 0 Å². The normalized spacial score (nSPS) is 20.5. The number of ether oxygens (including phenoxy) is 1. The van der Waals surface area contributed by atoms with Crippen LogP contribution in [0.2, 0.25) is 0 Å². The number of piperidine rings is 1. The van der Waals surface area contributed by atoms with E-state index in [1.807, 2.05) is 42.5 Å². The molecule has 4 nitrogen and oxygen atoms in total. The van der Waals surface area contributed by atoms with Gasteiger partial charge < -0.3 is 10.1 Å². The van der Waals surface area contributed by atoms with Crippen molar-refractivity contribution in [3.05, 3.63) is 65.7 Å². The highest BCUT2D eigenvalue weighted by atomic mass is 32.2. The number of carbonyl (C=O) groups is 1. The Morgan fingerprint density at radius 1 is 1.07 bits per heavy atom. The fourth-order valence-corrected chi connectivity index (χ4v) is 5.39. The van der Waals surface area contributed by atoms with E-state index in [0.717, 1.165) is 44.1 Å². The molecule has 0 bridgehead atoms. The second-order valence-electron chi connectivity index (χ2n) is 7.89. The molecule has 1 amide bonds. The highest BCUT2D eigenvalue weighted by molar-refractivity contribution is 7.99. The van der Waals surface area contributed by atoms with Crippen LogP contribution in [0, 0.1) is 0 Å². The zero-order chi connectivity index (χ0) is 19.9. The van der Waals surface area contributed by atoms with Crippen molar-refractivity contribution in [2.24, 2.45) is 0 Å². The predicted octanol–water partition coefficient (Wildman–Crippen LogP) is 4.01. The minimum Gasteiger partial charge on any atom is -0.490 e. The molecular formula is C24H30N2O2S. The quantitative estimate of drug-likeness (QED) is 0.749. The molecule has 1 atom stereocenters. The maximum atomic E-state index is 12.5. The smallest absolute Gasteiger partial charge is 0.251 e. The van der Waals surface area contributed by atoms with E-state index >= 15 is 0 Å². The van der Waals surface area contributed by atoms with E-state index in [2.05, 4.69) is 34.1 Å². The molecule has 2 aromatic carbocycles. The van der Waals surface area contributed by atoms with Crippen molar-refractivity contribution < 1.29 is 9.53 Å². The molecule has 1 N–H and O–H groups in total. The molecule has 2 heterocycles. The third kappa shape index (κ3) is 5.77. The third-order valence-electron chi connectivity index (χ3n) is 5.84. The number of nitrogens with zero attached hydrogens (tertiary/aromatic N) is 1. The summed E-state index contributed by atoms with van der Waals surface area (Å²) >= 11 is 2.08. The van der Waals surface area contributed by atoms with Crippen molar-refractivity contribution in [2.45, 2.75) is 37.8 Å². The highest BCUT2D eigenvalue weighted by Gasteiger charge is 2.28. The number of nitrogens with one attached hydrogen (secondary N) is 1. The van der Waals surface area contributed by atoms with E-state index in [1.54, 1.807) is 0 Å². The van der Waals surface area contributed by atoms with E-state index in [0.29, 0.717) is 12.1 Å². The Balaban J connectivity index is 1.24. The fourth-order valence-electron chi connectivity index (χ4n) is 4.14. The monoisotopic (exact) mass is 410 g/mol. The molecule has 2 fully saturated rings. The van der Waals surface area contributed by atoms with Gasteiger partial charge in [-0.25, -0.2) is 0 Å². The number of hydrogen-bond donors (Lipinski definition) is 1. The maximum Gasteiger partial charge on any atom is 0.251 e. The fraction of sp³-hybridized carbons (Fsp3) is 0.458. The van der Waals surface area contributed by atoms with Crippen LogP contribution >= 0.6 is 11.8 Å². The molecule has 2 aliphatic rings. The lowest BCUT2D eigenvalue weighted by Crippen LogP contribution is -2.44. The maximum absolute atomic E-state index is 12.5. The standard InChI is InChI=1S/C24H30N2O2S/c27-24(25-13-9-19-5-2-1-3-6-19)20-7-4-8-23(17-20)28-22-10-14-26(15-11-22)21-12-16-29-18-21/h1-8,17,21-22H,9-16,18H2,(H,25,27)/t21-/m1/s1. The first-order valence-corrected chi connectivity index (χ1v) is 11.8. The second kappa shape index (κ2) is 10.2.